The van der Waals surface area contributed by atoms with E-state index in [9.17, 15) is 36.2 Å². The maximum absolute atomic E-state index is 10.3. The van der Waals surface area contributed by atoms with Crippen LogP contribution in [-0.2, 0) is 87.6 Å². The molecule has 6 aromatic rings. The topological polar surface area (TPSA) is 190 Å². The van der Waals surface area contributed by atoms with Crippen molar-refractivity contribution < 1.29 is 34.6 Å². The standard InChI is InChI=1S/C29H42N2O2.C28H40N2O3.C28H40N2O2/c1-7-24-12-13-27(19-26(24)20-32)29(21-30,22(3)4)15-9-16-31(5)17-14-23-10-11-25(8-2)28(18-23)33-6;1-6-23-9-8-22(16-27(23)33-5)12-15-30(4)14-7-13-28(20-29,21(2)3)26-11-10-24(18-31)25(17-26)19-32;1-7-24-11-12-26(18-25(24)19-31)28(20-29,21(2)3)14-8-15-30(5)16-13-23-10-9-22(4)27(17-23)32-6/h10-13,18-19,22,32H,7-9,14-17,20H2,1-6H3;8-11,16-17,21,31-32H,6-7,12-15,18-19H2,1-5H3;9-12,17-18,21,31H,7-8,13-16,19H2,1-6H3. The Morgan fingerprint density at radius 3 is 0.918 bits per heavy atom. The summed E-state index contributed by atoms with van der Waals surface area (Å²) < 4.78 is 16.5. The molecular formula is C85H122N6O7. The monoisotopic (exact) mass is 1340 g/mol. The molecule has 0 saturated carbocycles. The molecule has 0 fully saturated rings. The van der Waals surface area contributed by atoms with E-state index >= 15 is 0 Å². The van der Waals surface area contributed by atoms with Crippen LogP contribution in [0.1, 0.15) is 191 Å². The van der Waals surface area contributed by atoms with Crippen molar-refractivity contribution in [3.8, 4) is 35.5 Å². The summed E-state index contributed by atoms with van der Waals surface area (Å²) in [5.41, 5.74) is 14.3. The number of hydrogen-bond donors (Lipinski definition) is 4. The average molecular weight is 1340 g/mol. The molecule has 0 bridgehead atoms. The average Bonchev–Trinajstić information content (AvgIpc) is 0.804. The molecule has 534 valence electrons. The summed E-state index contributed by atoms with van der Waals surface area (Å²) in [6.07, 6.45) is 11.8. The molecule has 3 unspecified atom stereocenters. The first kappa shape index (κ1) is 83.3. The van der Waals surface area contributed by atoms with Gasteiger partial charge in [0.05, 0.1) is 82.2 Å². The molecule has 0 aliphatic carbocycles. The zero-order valence-electron chi connectivity index (χ0n) is 63.1. The van der Waals surface area contributed by atoms with Crippen molar-refractivity contribution in [2.24, 2.45) is 17.8 Å². The zero-order chi connectivity index (χ0) is 72.6. The van der Waals surface area contributed by atoms with Crippen LogP contribution >= 0.6 is 0 Å². The Morgan fingerprint density at radius 1 is 0.367 bits per heavy atom. The van der Waals surface area contributed by atoms with Crippen LogP contribution < -0.4 is 14.2 Å². The third-order valence-corrected chi connectivity index (χ3v) is 20.8. The lowest BCUT2D eigenvalue weighted by atomic mass is 9.69. The maximum Gasteiger partial charge on any atom is 0.122 e. The summed E-state index contributed by atoms with van der Waals surface area (Å²) in [4.78, 5) is 7.01. The van der Waals surface area contributed by atoms with Gasteiger partial charge in [-0.25, -0.2) is 0 Å². The summed E-state index contributed by atoms with van der Waals surface area (Å²) >= 11 is 0. The van der Waals surface area contributed by atoms with Gasteiger partial charge in [0.1, 0.15) is 17.2 Å². The number of aliphatic hydroxyl groups is 4. The van der Waals surface area contributed by atoms with Gasteiger partial charge < -0.3 is 49.3 Å². The third-order valence-electron chi connectivity index (χ3n) is 20.8. The molecule has 98 heavy (non-hydrogen) atoms. The molecule has 0 spiro atoms. The number of hydrogen-bond acceptors (Lipinski definition) is 13. The Kier molecular flexibility index (Phi) is 35.8. The van der Waals surface area contributed by atoms with Crippen LogP contribution in [0, 0.1) is 58.7 Å². The molecule has 3 atom stereocenters. The highest BCUT2D eigenvalue weighted by Crippen LogP contribution is 2.41. The van der Waals surface area contributed by atoms with Gasteiger partial charge >= 0.3 is 0 Å². The van der Waals surface area contributed by atoms with Crippen molar-refractivity contribution >= 4 is 0 Å². The van der Waals surface area contributed by atoms with E-state index in [4.69, 9.17) is 14.2 Å². The van der Waals surface area contributed by atoms with Crippen LogP contribution in [0.25, 0.3) is 0 Å². The molecule has 0 aromatic heterocycles. The normalized spacial score (nSPS) is 13.2. The number of nitriles is 3. The number of ether oxygens (including phenoxy) is 3. The van der Waals surface area contributed by atoms with Crippen molar-refractivity contribution in [2.45, 2.75) is 202 Å². The summed E-state index contributed by atoms with van der Waals surface area (Å²) in [6, 6.07) is 45.5. The molecule has 0 heterocycles. The summed E-state index contributed by atoms with van der Waals surface area (Å²) in [6.45, 7) is 28.7. The number of benzene rings is 6. The lowest BCUT2D eigenvalue weighted by molar-refractivity contribution is 0.259. The van der Waals surface area contributed by atoms with Gasteiger partial charge in [-0.2, -0.15) is 15.8 Å². The fourth-order valence-electron chi connectivity index (χ4n) is 13.7. The molecule has 6 rings (SSSR count). The number of rotatable bonds is 38. The molecule has 0 aliphatic heterocycles. The van der Waals surface area contributed by atoms with Crippen molar-refractivity contribution in [3.05, 3.63) is 193 Å². The lowest BCUT2D eigenvalue weighted by Gasteiger charge is -2.33. The quantitative estimate of drug-likeness (QED) is 0.0287. The first-order valence-electron chi connectivity index (χ1n) is 36.0. The first-order chi connectivity index (χ1) is 47.0. The van der Waals surface area contributed by atoms with E-state index < -0.39 is 16.2 Å². The second-order valence-corrected chi connectivity index (χ2v) is 27.8. The van der Waals surface area contributed by atoms with E-state index in [0.29, 0.717) is 11.1 Å². The summed E-state index contributed by atoms with van der Waals surface area (Å²) in [7, 11) is 11.6. The van der Waals surface area contributed by atoms with Gasteiger partial charge in [0.15, 0.2) is 0 Å². The van der Waals surface area contributed by atoms with Crippen LogP contribution in [0.3, 0.4) is 0 Å². The highest BCUT2D eigenvalue weighted by molar-refractivity contribution is 5.44. The number of likely N-dealkylation sites (N-methyl/N-ethyl adjacent to an activating group) is 3. The molecule has 13 nitrogen and oxygen atoms in total. The number of methoxy groups -OCH3 is 3. The minimum atomic E-state index is -0.623. The highest BCUT2D eigenvalue weighted by Gasteiger charge is 2.38. The Labute approximate surface area is 592 Å². The Hall–Kier alpha value is -7.09. The van der Waals surface area contributed by atoms with Gasteiger partial charge in [-0.15, -0.1) is 0 Å². The van der Waals surface area contributed by atoms with E-state index in [1.54, 1.807) is 21.3 Å². The van der Waals surface area contributed by atoms with Gasteiger partial charge in [-0.1, -0.05) is 160 Å². The van der Waals surface area contributed by atoms with Crippen LogP contribution in [0.4, 0.5) is 0 Å². The van der Waals surface area contributed by atoms with E-state index in [1.807, 2.05) is 18.2 Å². The van der Waals surface area contributed by atoms with Gasteiger partial charge in [-0.05, 0) is 251 Å². The number of aryl methyl sites for hydroxylation is 5. The largest absolute Gasteiger partial charge is 0.496 e. The SMILES string of the molecule is CCc1ccc(C(C#N)(CCCN(C)CCc2ccc(C)c(OC)c2)C(C)C)cc1CO.CCc1ccc(C(C#N)(CCCN(C)CCc2ccc(CC)c(OC)c2)C(C)C)cc1CO.CCc1ccc(CCN(C)CCCC(C#N)(c2ccc(CO)c(CO)c2)C(C)C)cc1OC. The fraction of sp³-hybridized carbons (Fsp3) is 0.541. The van der Waals surface area contributed by atoms with Crippen molar-refractivity contribution in [1.29, 1.82) is 15.8 Å². The minimum Gasteiger partial charge on any atom is -0.496 e. The molecule has 0 amide bonds. The Morgan fingerprint density at radius 2 is 0.643 bits per heavy atom. The zero-order valence-corrected chi connectivity index (χ0v) is 63.1. The molecule has 6 aromatic carbocycles. The van der Waals surface area contributed by atoms with Crippen LogP contribution in [0.2, 0.25) is 0 Å². The maximum atomic E-state index is 10.3. The Bertz CT molecular complexity index is 3350. The minimum absolute atomic E-state index is 0.0170. The molecule has 4 N–H and O–H groups in total. The van der Waals surface area contributed by atoms with E-state index in [-0.39, 0.29) is 44.2 Å². The fourth-order valence-corrected chi connectivity index (χ4v) is 13.7. The van der Waals surface area contributed by atoms with Crippen LogP contribution in [0.5, 0.6) is 17.2 Å². The molecule has 0 aliphatic rings. The van der Waals surface area contributed by atoms with E-state index in [0.717, 1.165) is 184 Å². The van der Waals surface area contributed by atoms with Gasteiger partial charge in [0.25, 0.3) is 0 Å². The highest BCUT2D eigenvalue weighted by atomic mass is 16.5. The third kappa shape index (κ3) is 22.7. The predicted molar refractivity (Wildman–Crippen MR) is 402 cm³/mol. The molecule has 0 saturated heterocycles. The van der Waals surface area contributed by atoms with Gasteiger partial charge in [-0.3, -0.25) is 0 Å². The van der Waals surface area contributed by atoms with Crippen molar-refractivity contribution in [1.82, 2.24) is 14.7 Å². The number of nitrogens with zero attached hydrogens (tertiary/aromatic N) is 6. The summed E-state index contributed by atoms with van der Waals surface area (Å²) in [5.74, 6) is 3.39. The first-order valence-corrected chi connectivity index (χ1v) is 36.0. The molecule has 13 heteroatoms. The van der Waals surface area contributed by atoms with Gasteiger partial charge in [0, 0.05) is 19.6 Å². The van der Waals surface area contributed by atoms with Crippen molar-refractivity contribution in [2.75, 3.05) is 81.7 Å². The summed E-state index contributed by atoms with van der Waals surface area (Å²) in [5, 5.41) is 69.6. The Balaban J connectivity index is 0.000000312. The van der Waals surface area contributed by atoms with E-state index in [2.05, 4.69) is 221 Å². The second-order valence-electron chi connectivity index (χ2n) is 27.8. The van der Waals surface area contributed by atoms with E-state index in [1.165, 1.54) is 27.8 Å². The molecule has 0 radical (unpaired) electrons. The van der Waals surface area contributed by atoms with Crippen molar-refractivity contribution in [3.63, 3.8) is 0 Å². The van der Waals surface area contributed by atoms with Crippen LogP contribution in [-0.4, -0.2) is 117 Å². The number of aliphatic hydroxyl groups excluding tert-OH is 4. The predicted octanol–water partition coefficient (Wildman–Crippen LogP) is 15.7. The smallest absolute Gasteiger partial charge is 0.122 e. The second kappa shape index (κ2) is 42.1. The molecular weight excluding hydrogens is 1220 g/mol. The van der Waals surface area contributed by atoms with Crippen LogP contribution in [0.15, 0.2) is 109 Å². The lowest BCUT2D eigenvalue weighted by Crippen LogP contribution is -2.33. The van der Waals surface area contributed by atoms with Gasteiger partial charge in [0.2, 0.25) is 0 Å².